The molecule has 2 N–H and O–H groups in total. The van der Waals surface area contributed by atoms with Gasteiger partial charge in [0.2, 0.25) is 0 Å². The van der Waals surface area contributed by atoms with Crippen molar-refractivity contribution in [2.45, 2.75) is 19.3 Å². The van der Waals surface area contributed by atoms with E-state index in [1.165, 1.54) is 19.2 Å². The first-order chi connectivity index (χ1) is 13.8. The normalized spacial score (nSPS) is 11.8. The number of nitrogens with zero attached hydrogens (tertiary/aromatic N) is 1. The molecule has 2 aromatic carbocycles. The molecular weight excluding hydrogens is 387 g/mol. The number of methoxy groups -OCH3 is 3. The van der Waals surface area contributed by atoms with Crippen molar-refractivity contribution in [3.8, 4) is 17.2 Å². The van der Waals surface area contributed by atoms with Crippen LogP contribution in [0.5, 0.6) is 17.2 Å². The molecule has 0 amide bonds. The average molecular weight is 411 g/mol. The lowest BCUT2D eigenvalue weighted by Gasteiger charge is -2.17. The summed E-state index contributed by atoms with van der Waals surface area (Å²) in [6.45, 7) is 0.346. The Morgan fingerprint density at radius 2 is 1.59 bits per heavy atom. The van der Waals surface area contributed by atoms with Gasteiger partial charge in [0.25, 0.3) is 0 Å². The van der Waals surface area contributed by atoms with Crippen molar-refractivity contribution in [2.75, 3.05) is 28.4 Å². The first-order valence-corrected chi connectivity index (χ1v) is 8.72. The van der Waals surface area contributed by atoms with Crippen LogP contribution in [-0.2, 0) is 19.3 Å². The number of aliphatic imine (C=N–C) groups is 1. The van der Waals surface area contributed by atoms with E-state index >= 15 is 0 Å². The molecule has 0 saturated carbocycles. The topological polar surface area (TPSA) is 64.1 Å². The number of halogens is 3. The minimum atomic E-state index is -4.48. The second-order valence-corrected chi connectivity index (χ2v) is 5.99. The summed E-state index contributed by atoms with van der Waals surface area (Å²) in [4.78, 5) is 4.05. The number of benzene rings is 2. The zero-order chi connectivity index (χ0) is 21.4. The van der Waals surface area contributed by atoms with E-state index < -0.39 is 11.7 Å². The minimum Gasteiger partial charge on any atom is -0.497 e. The fourth-order valence-corrected chi connectivity index (χ4v) is 2.68. The van der Waals surface area contributed by atoms with Crippen molar-refractivity contribution >= 4 is 5.96 Å². The first-order valence-electron chi connectivity index (χ1n) is 8.72. The molecule has 0 fully saturated rings. The number of rotatable bonds is 7. The van der Waals surface area contributed by atoms with E-state index in [9.17, 15) is 13.2 Å². The van der Waals surface area contributed by atoms with Crippen LogP contribution in [0.15, 0.2) is 41.4 Å². The molecule has 2 rings (SSSR count). The molecule has 9 heteroatoms. The van der Waals surface area contributed by atoms with Gasteiger partial charge in [0.05, 0.1) is 26.9 Å². The van der Waals surface area contributed by atoms with E-state index in [-0.39, 0.29) is 17.9 Å². The third kappa shape index (κ3) is 5.94. The Morgan fingerprint density at radius 3 is 2.17 bits per heavy atom. The predicted octanol–water partition coefficient (Wildman–Crippen LogP) is 3.60. The Hall–Kier alpha value is -3.10. The Morgan fingerprint density at radius 1 is 0.897 bits per heavy atom. The molecule has 29 heavy (non-hydrogen) atoms. The second kappa shape index (κ2) is 9.90. The summed E-state index contributed by atoms with van der Waals surface area (Å²) in [6, 6.07) is 9.30. The number of guanidine groups is 1. The van der Waals surface area contributed by atoms with Crippen LogP contribution in [0.2, 0.25) is 0 Å². The highest BCUT2D eigenvalue weighted by molar-refractivity contribution is 5.79. The van der Waals surface area contributed by atoms with Gasteiger partial charge in [-0.2, -0.15) is 13.2 Å². The Bertz CT molecular complexity index is 855. The number of hydrogen-bond donors (Lipinski definition) is 2. The summed E-state index contributed by atoms with van der Waals surface area (Å²) in [5.41, 5.74) is 0.234. The molecule has 0 bridgehead atoms. The smallest absolute Gasteiger partial charge is 0.416 e. The molecule has 2 aromatic rings. The zero-order valence-electron chi connectivity index (χ0n) is 16.7. The molecule has 0 radical (unpaired) electrons. The molecule has 0 spiro atoms. The van der Waals surface area contributed by atoms with E-state index in [1.54, 1.807) is 27.3 Å². The minimum absolute atomic E-state index is 0.0511. The fourth-order valence-electron chi connectivity index (χ4n) is 2.68. The van der Waals surface area contributed by atoms with Crippen LogP contribution in [0.1, 0.15) is 16.7 Å². The maximum Gasteiger partial charge on any atom is 0.416 e. The van der Waals surface area contributed by atoms with Crippen molar-refractivity contribution < 1.29 is 27.4 Å². The number of nitrogens with one attached hydrogen (secondary N) is 2. The summed E-state index contributed by atoms with van der Waals surface area (Å²) in [5.74, 6) is 1.71. The summed E-state index contributed by atoms with van der Waals surface area (Å²) in [6.07, 6.45) is -4.48. The van der Waals surface area contributed by atoms with Crippen molar-refractivity contribution in [2.24, 2.45) is 4.99 Å². The van der Waals surface area contributed by atoms with Gasteiger partial charge in [0.15, 0.2) is 17.5 Å². The van der Waals surface area contributed by atoms with Crippen molar-refractivity contribution in [1.29, 1.82) is 0 Å². The van der Waals surface area contributed by atoms with Crippen LogP contribution in [0, 0.1) is 0 Å². The molecule has 0 aliphatic carbocycles. The van der Waals surface area contributed by atoms with Crippen LogP contribution < -0.4 is 24.8 Å². The van der Waals surface area contributed by atoms with Gasteiger partial charge in [-0.3, -0.25) is 4.99 Å². The summed E-state index contributed by atoms with van der Waals surface area (Å²) < 4.78 is 55.3. The van der Waals surface area contributed by atoms with Gasteiger partial charge >= 0.3 is 6.18 Å². The van der Waals surface area contributed by atoms with Gasteiger partial charge in [-0.25, -0.2) is 0 Å². The average Bonchev–Trinajstić information content (AvgIpc) is 2.72. The van der Waals surface area contributed by atoms with Crippen molar-refractivity contribution in [1.82, 2.24) is 10.6 Å². The van der Waals surface area contributed by atoms with Gasteiger partial charge in [-0.1, -0.05) is 12.1 Å². The maximum absolute atomic E-state index is 13.3. The fraction of sp³-hybridized carbons (Fsp3) is 0.350. The molecule has 158 valence electrons. The molecule has 0 saturated heterocycles. The number of hydrogen-bond acceptors (Lipinski definition) is 4. The number of alkyl halides is 3. The van der Waals surface area contributed by atoms with Crippen LogP contribution in [0.25, 0.3) is 0 Å². The van der Waals surface area contributed by atoms with Crippen LogP contribution >= 0.6 is 0 Å². The van der Waals surface area contributed by atoms with Crippen LogP contribution in [0.3, 0.4) is 0 Å². The van der Waals surface area contributed by atoms with Crippen LogP contribution in [0.4, 0.5) is 13.2 Å². The van der Waals surface area contributed by atoms with E-state index in [0.29, 0.717) is 24.0 Å². The van der Waals surface area contributed by atoms with Gasteiger partial charge in [0.1, 0.15) is 5.75 Å². The van der Waals surface area contributed by atoms with E-state index in [1.807, 2.05) is 12.1 Å². The highest BCUT2D eigenvalue weighted by Gasteiger charge is 2.33. The molecule has 0 aliphatic heterocycles. The molecule has 0 heterocycles. The Kier molecular flexibility index (Phi) is 7.58. The van der Waals surface area contributed by atoms with Gasteiger partial charge in [-0.15, -0.1) is 0 Å². The van der Waals surface area contributed by atoms with E-state index in [4.69, 9.17) is 14.2 Å². The largest absolute Gasteiger partial charge is 0.497 e. The zero-order valence-corrected chi connectivity index (χ0v) is 16.7. The molecular formula is C20H24F3N3O3. The summed E-state index contributed by atoms with van der Waals surface area (Å²) >= 11 is 0. The van der Waals surface area contributed by atoms with Gasteiger partial charge < -0.3 is 24.8 Å². The van der Waals surface area contributed by atoms with E-state index in [2.05, 4.69) is 15.6 Å². The number of ether oxygens (including phenoxy) is 3. The maximum atomic E-state index is 13.3. The van der Waals surface area contributed by atoms with Crippen molar-refractivity contribution in [3.05, 3.63) is 53.1 Å². The quantitative estimate of drug-likeness (QED) is 0.539. The summed E-state index contributed by atoms with van der Waals surface area (Å²) in [5, 5.41) is 5.96. The Balaban J connectivity index is 2.05. The van der Waals surface area contributed by atoms with Crippen molar-refractivity contribution in [3.63, 3.8) is 0 Å². The molecule has 0 aromatic heterocycles. The van der Waals surface area contributed by atoms with Crippen LogP contribution in [-0.4, -0.2) is 34.3 Å². The molecule has 0 unspecified atom stereocenters. The predicted molar refractivity (Wildman–Crippen MR) is 105 cm³/mol. The summed E-state index contributed by atoms with van der Waals surface area (Å²) in [7, 11) is 5.97. The Labute approximate surface area is 167 Å². The molecule has 0 aliphatic rings. The van der Waals surface area contributed by atoms with Gasteiger partial charge in [0, 0.05) is 20.1 Å². The third-order valence-electron chi connectivity index (χ3n) is 4.20. The lowest BCUT2D eigenvalue weighted by molar-refractivity contribution is -0.138. The third-order valence-corrected chi connectivity index (χ3v) is 4.20. The van der Waals surface area contributed by atoms with Gasteiger partial charge in [-0.05, 0) is 35.4 Å². The highest BCUT2D eigenvalue weighted by Crippen LogP contribution is 2.34. The molecule has 6 nitrogen and oxygen atoms in total. The monoisotopic (exact) mass is 411 g/mol. The first kappa shape index (κ1) is 22.2. The van der Waals surface area contributed by atoms with E-state index in [0.717, 1.165) is 11.6 Å². The lowest BCUT2D eigenvalue weighted by Crippen LogP contribution is -2.36. The highest BCUT2D eigenvalue weighted by atomic mass is 19.4. The SMILES string of the molecule is CN=C(NCc1ccc(OC)c(OC)c1)NCc1ccc(OC)cc1C(F)(F)F. The second-order valence-electron chi connectivity index (χ2n) is 5.99. The molecule has 0 atom stereocenters. The lowest BCUT2D eigenvalue weighted by atomic mass is 10.1. The standard InChI is InChI=1S/C20H24F3N3O3/c1-24-19(25-11-13-5-8-17(28-3)18(9-13)29-4)26-12-14-6-7-15(27-2)10-16(14)20(21,22)23/h5-10H,11-12H2,1-4H3,(H2,24,25,26).